The molecule has 1 amide bonds. The summed E-state index contributed by atoms with van der Waals surface area (Å²) in [4.78, 5) is 28.8. The molecule has 4 aromatic rings. The van der Waals surface area contributed by atoms with Gasteiger partial charge < -0.3 is 14.9 Å². The number of alkyl halides is 1. The summed E-state index contributed by atoms with van der Waals surface area (Å²) in [5, 5.41) is 4.18. The molecule has 1 unspecified atom stereocenters. The molecule has 3 aliphatic rings. The SMILES string of the molecule is Cc1cc(C#C[C@@H]2CCN(C3CC3)C2)cc(C(=O)NC(c2cc3ccccc3[nH]2)c2ncn3c2C[C@@H](F)C3)n1. The van der Waals surface area contributed by atoms with Crippen molar-refractivity contribution < 1.29 is 9.18 Å². The van der Waals surface area contributed by atoms with Gasteiger partial charge in [0.05, 0.1) is 18.6 Å². The number of likely N-dealkylation sites (tertiary alicyclic amines) is 1. The Kier molecular flexibility index (Phi) is 5.97. The van der Waals surface area contributed by atoms with Crippen molar-refractivity contribution in [3.05, 3.63) is 82.8 Å². The molecule has 5 heterocycles. The number of carbonyl (C=O) groups excluding carboxylic acids is 1. The van der Waals surface area contributed by atoms with E-state index < -0.39 is 12.2 Å². The number of amides is 1. The van der Waals surface area contributed by atoms with Crippen molar-refractivity contribution in [2.45, 2.75) is 57.4 Å². The summed E-state index contributed by atoms with van der Waals surface area (Å²) in [6.07, 6.45) is 4.73. The Morgan fingerprint density at radius 1 is 1.18 bits per heavy atom. The molecule has 0 spiro atoms. The number of halogens is 1. The summed E-state index contributed by atoms with van der Waals surface area (Å²) in [5.74, 6) is 6.80. The molecule has 3 atom stereocenters. The molecule has 1 saturated heterocycles. The first-order valence-corrected chi connectivity index (χ1v) is 13.8. The van der Waals surface area contributed by atoms with E-state index >= 15 is 0 Å². The van der Waals surface area contributed by atoms with Crippen molar-refractivity contribution >= 4 is 16.8 Å². The minimum atomic E-state index is -0.948. The Bertz CT molecular complexity index is 1590. The van der Waals surface area contributed by atoms with Crippen LogP contribution in [0.2, 0.25) is 0 Å². The smallest absolute Gasteiger partial charge is 0.270 e. The molecule has 1 aliphatic carbocycles. The molecule has 1 saturated carbocycles. The van der Waals surface area contributed by atoms with Crippen molar-refractivity contribution in [2.75, 3.05) is 13.1 Å². The molecule has 7 rings (SSSR count). The van der Waals surface area contributed by atoms with E-state index in [4.69, 9.17) is 0 Å². The summed E-state index contributed by atoms with van der Waals surface area (Å²) >= 11 is 0. The van der Waals surface area contributed by atoms with Gasteiger partial charge in [0.1, 0.15) is 17.9 Å². The molecule has 1 aromatic carbocycles. The normalized spacial score (nSPS) is 21.5. The number of aromatic amines is 1. The predicted molar refractivity (Wildman–Crippen MR) is 147 cm³/mol. The van der Waals surface area contributed by atoms with Gasteiger partial charge in [-0.3, -0.25) is 9.69 Å². The second-order valence-electron chi connectivity index (χ2n) is 11.1. The van der Waals surface area contributed by atoms with E-state index in [-0.39, 0.29) is 18.9 Å². The van der Waals surface area contributed by atoms with Gasteiger partial charge in [-0.25, -0.2) is 14.4 Å². The standard InChI is InChI=1S/C31H31FN6O/c1-19-12-21(7-6-20-10-11-37(16-20)24-8-9-24)13-27(34-19)31(39)36-29(26-14-22-4-2-3-5-25(22)35-26)30-28-15-23(32)17-38(28)18-33-30/h2-5,12-14,18,20,23-24,29,35H,8-11,15-17H2,1H3,(H,36,39)/t20-,23-,29?/m1/s1. The molecule has 2 aliphatic heterocycles. The molecule has 0 bridgehead atoms. The molecular weight excluding hydrogens is 491 g/mol. The van der Waals surface area contributed by atoms with Crippen LogP contribution in [0.25, 0.3) is 10.9 Å². The molecule has 198 valence electrons. The molecule has 3 aromatic heterocycles. The van der Waals surface area contributed by atoms with Crippen LogP contribution in [0.4, 0.5) is 4.39 Å². The molecule has 2 fully saturated rings. The van der Waals surface area contributed by atoms with Crippen molar-refractivity contribution in [3.8, 4) is 11.8 Å². The first kappa shape index (κ1) is 24.1. The van der Waals surface area contributed by atoms with Gasteiger partial charge in [-0.15, -0.1) is 0 Å². The fourth-order valence-electron chi connectivity index (χ4n) is 6.00. The minimum Gasteiger partial charge on any atom is -0.356 e. The van der Waals surface area contributed by atoms with Gasteiger partial charge in [0.2, 0.25) is 0 Å². The zero-order valence-corrected chi connectivity index (χ0v) is 22.0. The average Bonchev–Trinajstić information content (AvgIpc) is 3.23. The number of fused-ring (bicyclic) bond motifs is 2. The predicted octanol–water partition coefficient (Wildman–Crippen LogP) is 4.32. The number of hydrogen-bond donors (Lipinski definition) is 2. The van der Waals surface area contributed by atoms with Crippen molar-refractivity contribution in [3.63, 3.8) is 0 Å². The number of para-hydroxylation sites is 1. The van der Waals surface area contributed by atoms with Crippen LogP contribution in [0.15, 0.2) is 48.8 Å². The fourth-order valence-corrected chi connectivity index (χ4v) is 6.00. The van der Waals surface area contributed by atoms with E-state index in [1.165, 1.54) is 12.8 Å². The maximum Gasteiger partial charge on any atom is 0.270 e. The summed E-state index contributed by atoms with van der Waals surface area (Å²) < 4.78 is 16.1. The number of nitrogens with one attached hydrogen (secondary N) is 2. The first-order chi connectivity index (χ1) is 19.0. The number of hydrogen-bond acceptors (Lipinski definition) is 4. The van der Waals surface area contributed by atoms with Crippen LogP contribution in [0, 0.1) is 24.7 Å². The zero-order valence-electron chi connectivity index (χ0n) is 22.0. The van der Waals surface area contributed by atoms with Gasteiger partial charge in [-0.2, -0.15) is 0 Å². The largest absolute Gasteiger partial charge is 0.356 e. The highest BCUT2D eigenvalue weighted by molar-refractivity contribution is 5.93. The quantitative estimate of drug-likeness (QED) is 0.383. The lowest BCUT2D eigenvalue weighted by atomic mass is 10.1. The van der Waals surface area contributed by atoms with Crippen LogP contribution >= 0.6 is 0 Å². The van der Waals surface area contributed by atoms with Crippen LogP contribution < -0.4 is 5.32 Å². The number of carbonyl (C=O) groups is 1. The van der Waals surface area contributed by atoms with Gasteiger partial charge in [-0.1, -0.05) is 30.0 Å². The number of rotatable bonds is 5. The lowest BCUT2D eigenvalue weighted by Gasteiger charge is -2.17. The maximum atomic E-state index is 14.3. The van der Waals surface area contributed by atoms with Gasteiger partial charge in [0, 0.05) is 53.1 Å². The van der Waals surface area contributed by atoms with E-state index in [2.05, 4.69) is 37.0 Å². The number of pyridine rings is 1. The molecule has 2 N–H and O–H groups in total. The van der Waals surface area contributed by atoms with Gasteiger partial charge >= 0.3 is 0 Å². The molecular formula is C31H31FN6O. The monoisotopic (exact) mass is 522 g/mol. The Morgan fingerprint density at radius 3 is 2.90 bits per heavy atom. The average molecular weight is 523 g/mol. The van der Waals surface area contributed by atoms with Gasteiger partial charge in [0.25, 0.3) is 5.91 Å². The highest BCUT2D eigenvalue weighted by Crippen LogP contribution is 2.32. The third-order valence-electron chi connectivity index (χ3n) is 8.09. The number of H-pyrrole nitrogens is 1. The Hall–Kier alpha value is -3.96. The second kappa shape index (κ2) is 9.65. The number of aryl methyl sites for hydroxylation is 1. The zero-order chi connectivity index (χ0) is 26.5. The number of aromatic nitrogens is 4. The summed E-state index contributed by atoms with van der Waals surface area (Å²) in [7, 11) is 0. The van der Waals surface area contributed by atoms with Crippen LogP contribution in [0.3, 0.4) is 0 Å². The third-order valence-corrected chi connectivity index (χ3v) is 8.09. The fraction of sp³-hybridized carbons (Fsp3) is 0.387. The second-order valence-corrected chi connectivity index (χ2v) is 11.1. The number of benzene rings is 1. The van der Waals surface area contributed by atoms with Crippen molar-refractivity contribution in [2.24, 2.45) is 5.92 Å². The summed E-state index contributed by atoms with van der Waals surface area (Å²) in [5.41, 5.74) is 5.07. The summed E-state index contributed by atoms with van der Waals surface area (Å²) in [6, 6.07) is 13.9. The Balaban J connectivity index is 1.17. The van der Waals surface area contributed by atoms with Crippen molar-refractivity contribution in [1.82, 2.24) is 29.7 Å². The third kappa shape index (κ3) is 4.83. The lowest BCUT2D eigenvalue weighted by molar-refractivity contribution is 0.0936. The number of nitrogens with zero attached hydrogens (tertiary/aromatic N) is 4. The van der Waals surface area contributed by atoms with E-state index in [0.717, 1.165) is 59.1 Å². The van der Waals surface area contributed by atoms with E-state index in [1.807, 2.05) is 47.9 Å². The van der Waals surface area contributed by atoms with E-state index in [1.54, 1.807) is 12.4 Å². The maximum absolute atomic E-state index is 14.3. The topological polar surface area (TPSA) is 78.8 Å². The summed E-state index contributed by atoms with van der Waals surface area (Å²) in [6.45, 7) is 4.33. The molecule has 7 nitrogen and oxygen atoms in total. The van der Waals surface area contributed by atoms with Gasteiger partial charge in [0.15, 0.2) is 0 Å². The Labute approximate surface area is 226 Å². The molecule has 0 radical (unpaired) electrons. The van der Waals surface area contributed by atoms with E-state index in [0.29, 0.717) is 17.3 Å². The van der Waals surface area contributed by atoms with Crippen LogP contribution in [0.5, 0.6) is 0 Å². The van der Waals surface area contributed by atoms with Crippen molar-refractivity contribution in [1.29, 1.82) is 0 Å². The van der Waals surface area contributed by atoms with Crippen LogP contribution in [0.1, 0.15) is 64.1 Å². The highest BCUT2D eigenvalue weighted by Gasteiger charge is 2.34. The number of imidazole rings is 1. The van der Waals surface area contributed by atoms with Gasteiger partial charge in [-0.05, 0) is 62.4 Å². The molecule has 39 heavy (non-hydrogen) atoms. The highest BCUT2D eigenvalue weighted by atomic mass is 19.1. The molecule has 8 heteroatoms. The Morgan fingerprint density at radius 2 is 2.05 bits per heavy atom. The minimum absolute atomic E-state index is 0.281. The first-order valence-electron chi connectivity index (χ1n) is 13.8. The van der Waals surface area contributed by atoms with Crippen LogP contribution in [-0.2, 0) is 13.0 Å². The van der Waals surface area contributed by atoms with E-state index in [9.17, 15) is 9.18 Å². The lowest BCUT2D eigenvalue weighted by Crippen LogP contribution is -2.31. The van der Waals surface area contributed by atoms with Crippen LogP contribution in [-0.4, -0.2) is 55.6 Å².